The highest BCUT2D eigenvalue weighted by Gasteiger charge is 2.17. The van der Waals surface area contributed by atoms with Gasteiger partial charge in [-0.25, -0.2) is 4.98 Å². The number of anilines is 2. The zero-order valence-electron chi connectivity index (χ0n) is 11.9. The number of benzene rings is 1. The summed E-state index contributed by atoms with van der Waals surface area (Å²) < 4.78 is 5.39. The van der Waals surface area contributed by atoms with E-state index in [-0.39, 0.29) is 12.0 Å². The summed E-state index contributed by atoms with van der Waals surface area (Å²) in [7, 11) is 0. The number of hydrogen-bond acceptors (Lipinski definition) is 6. The van der Waals surface area contributed by atoms with E-state index in [9.17, 15) is 0 Å². The highest BCUT2D eigenvalue weighted by molar-refractivity contribution is 5.92. The number of aromatic amines is 1. The number of rotatable bonds is 3. The second kappa shape index (κ2) is 5.27. The van der Waals surface area contributed by atoms with Gasteiger partial charge in [-0.15, -0.1) is 0 Å². The summed E-state index contributed by atoms with van der Waals surface area (Å²) in [6.45, 7) is 1.47. The van der Waals surface area contributed by atoms with Crippen LogP contribution in [0.5, 0.6) is 0 Å². The molecule has 4 N–H and O–H groups in total. The molecule has 1 fully saturated rings. The van der Waals surface area contributed by atoms with Crippen LogP contribution in [0.3, 0.4) is 0 Å². The Hall–Kier alpha value is -2.67. The van der Waals surface area contributed by atoms with Crippen molar-refractivity contribution in [3.63, 3.8) is 0 Å². The van der Waals surface area contributed by atoms with Crippen molar-refractivity contribution in [3.05, 3.63) is 30.5 Å². The Bertz CT molecular complexity index is 795. The average molecular weight is 296 g/mol. The van der Waals surface area contributed by atoms with Gasteiger partial charge in [0, 0.05) is 23.8 Å². The monoisotopic (exact) mass is 296 g/mol. The lowest BCUT2D eigenvalue weighted by Gasteiger charge is -2.14. The number of nitrogen functional groups attached to an aromatic ring is 1. The normalized spacial score (nSPS) is 17.9. The van der Waals surface area contributed by atoms with Crippen LogP contribution in [0.2, 0.25) is 0 Å². The van der Waals surface area contributed by atoms with Gasteiger partial charge in [0.2, 0.25) is 5.95 Å². The molecule has 4 rings (SSSR count). The lowest BCUT2D eigenvalue weighted by Crippen LogP contribution is -2.20. The van der Waals surface area contributed by atoms with Crippen molar-refractivity contribution in [2.75, 3.05) is 24.3 Å². The number of nitrogens with zero attached hydrogens (tertiary/aromatic N) is 3. The van der Waals surface area contributed by atoms with Gasteiger partial charge in [0.25, 0.3) is 0 Å². The first-order valence-corrected chi connectivity index (χ1v) is 7.21. The fourth-order valence-electron chi connectivity index (χ4n) is 2.68. The summed E-state index contributed by atoms with van der Waals surface area (Å²) in [5.74, 6) is 1.01. The molecule has 0 saturated carbocycles. The van der Waals surface area contributed by atoms with Gasteiger partial charge in [0.05, 0.1) is 23.9 Å². The average Bonchev–Trinajstić information content (AvgIpc) is 3.20. The molecule has 3 aromatic rings. The van der Waals surface area contributed by atoms with Crippen LogP contribution in [0.15, 0.2) is 30.5 Å². The molecule has 0 amide bonds. The van der Waals surface area contributed by atoms with Crippen LogP contribution in [0.25, 0.3) is 22.2 Å². The van der Waals surface area contributed by atoms with E-state index in [0.29, 0.717) is 6.61 Å². The first-order chi connectivity index (χ1) is 10.8. The van der Waals surface area contributed by atoms with E-state index in [0.717, 1.165) is 41.0 Å². The number of H-pyrrole nitrogens is 1. The third kappa shape index (κ3) is 2.35. The maximum atomic E-state index is 5.85. The number of ether oxygens (including phenoxy) is 1. The molecule has 7 nitrogen and oxygen atoms in total. The second-order valence-corrected chi connectivity index (χ2v) is 5.33. The van der Waals surface area contributed by atoms with Gasteiger partial charge in [-0.1, -0.05) is 6.07 Å². The summed E-state index contributed by atoms with van der Waals surface area (Å²) in [6, 6.07) is 8.16. The predicted molar refractivity (Wildman–Crippen MR) is 84.4 cm³/mol. The molecule has 0 aliphatic carbocycles. The Labute approximate surface area is 126 Å². The van der Waals surface area contributed by atoms with Crippen LogP contribution in [-0.2, 0) is 4.74 Å². The zero-order valence-corrected chi connectivity index (χ0v) is 11.9. The molecule has 0 bridgehead atoms. The number of fused-ring (bicyclic) bond motifs is 1. The Morgan fingerprint density at radius 3 is 3.00 bits per heavy atom. The molecule has 7 heteroatoms. The first-order valence-electron chi connectivity index (χ1n) is 7.21. The van der Waals surface area contributed by atoms with Crippen LogP contribution < -0.4 is 11.1 Å². The van der Waals surface area contributed by atoms with Crippen LogP contribution in [0.4, 0.5) is 11.8 Å². The van der Waals surface area contributed by atoms with Crippen LogP contribution in [0.1, 0.15) is 6.42 Å². The van der Waals surface area contributed by atoms with Crippen molar-refractivity contribution >= 4 is 22.7 Å². The maximum absolute atomic E-state index is 5.85. The topological polar surface area (TPSA) is 102 Å². The molecule has 0 unspecified atom stereocenters. The molecule has 1 aliphatic heterocycles. The van der Waals surface area contributed by atoms with E-state index >= 15 is 0 Å². The molecule has 0 spiro atoms. The molecule has 1 atom stereocenters. The number of hydrogen-bond donors (Lipinski definition) is 3. The molecule has 22 heavy (non-hydrogen) atoms. The Morgan fingerprint density at radius 1 is 1.27 bits per heavy atom. The van der Waals surface area contributed by atoms with Gasteiger partial charge >= 0.3 is 0 Å². The van der Waals surface area contributed by atoms with E-state index < -0.39 is 0 Å². The molecule has 1 saturated heterocycles. The third-order valence-electron chi connectivity index (χ3n) is 3.78. The van der Waals surface area contributed by atoms with Crippen molar-refractivity contribution in [2.24, 2.45) is 0 Å². The van der Waals surface area contributed by atoms with E-state index in [1.807, 2.05) is 24.3 Å². The molecule has 2 aromatic heterocycles. The fourth-order valence-corrected chi connectivity index (χ4v) is 2.68. The zero-order chi connectivity index (χ0) is 14.9. The molecule has 112 valence electrons. The minimum Gasteiger partial charge on any atom is -0.379 e. The van der Waals surface area contributed by atoms with Crippen LogP contribution >= 0.6 is 0 Å². The van der Waals surface area contributed by atoms with Crippen molar-refractivity contribution in [1.29, 1.82) is 0 Å². The SMILES string of the molecule is Nc1nc(N[C@@H]2CCOC2)c2ccc(-c3cc[nH]n3)cc2n1. The minimum atomic E-state index is 0.257. The van der Waals surface area contributed by atoms with Crippen molar-refractivity contribution in [2.45, 2.75) is 12.5 Å². The van der Waals surface area contributed by atoms with E-state index in [2.05, 4.69) is 25.5 Å². The largest absolute Gasteiger partial charge is 0.379 e. The number of nitrogens with two attached hydrogens (primary N) is 1. The van der Waals surface area contributed by atoms with Crippen LogP contribution in [0, 0.1) is 0 Å². The summed E-state index contributed by atoms with van der Waals surface area (Å²) >= 11 is 0. The summed E-state index contributed by atoms with van der Waals surface area (Å²) in [5.41, 5.74) is 8.51. The van der Waals surface area contributed by atoms with Gasteiger partial charge in [-0.3, -0.25) is 5.10 Å². The van der Waals surface area contributed by atoms with Gasteiger partial charge in [0.15, 0.2) is 0 Å². The molecule has 0 radical (unpaired) electrons. The maximum Gasteiger partial charge on any atom is 0.222 e. The lowest BCUT2D eigenvalue weighted by atomic mass is 10.1. The lowest BCUT2D eigenvalue weighted by molar-refractivity contribution is 0.195. The van der Waals surface area contributed by atoms with Crippen molar-refractivity contribution in [3.8, 4) is 11.3 Å². The first kappa shape index (κ1) is 13.0. The van der Waals surface area contributed by atoms with E-state index in [1.54, 1.807) is 6.20 Å². The van der Waals surface area contributed by atoms with Crippen molar-refractivity contribution in [1.82, 2.24) is 20.2 Å². The smallest absolute Gasteiger partial charge is 0.222 e. The van der Waals surface area contributed by atoms with E-state index in [4.69, 9.17) is 10.5 Å². The Kier molecular flexibility index (Phi) is 3.12. The standard InChI is InChI=1S/C15H16N6O/c16-15-19-13-7-9(12-3-5-17-21-12)1-2-11(13)14(20-15)18-10-4-6-22-8-10/h1-3,5,7,10H,4,6,8H2,(H,17,21)(H3,16,18,19,20)/t10-/m1/s1. The van der Waals surface area contributed by atoms with Crippen LogP contribution in [-0.4, -0.2) is 39.4 Å². The van der Waals surface area contributed by atoms with Gasteiger partial charge < -0.3 is 15.8 Å². The minimum absolute atomic E-state index is 0.257. The molecule has 3 heterocycles. The third-order valence-corrected chi connectivity index (χ3v) is 3.78. The van der Waals surface area contributed by atoms with Crippen molar-refractivity contribution < 1.29 is 4.74 Å². The second-order valence-electron chi connectivity index (χ2n) is 5.33. The quantitative estimate of drug-likeness (QED) is 0.681. The highest BCUT2D eigenvalue weighted by Crippen LogP contribution is 2.27. The Balaban J connectivity index is 1.77. The molecule has 1 aliphatic rings. The number of aromatic nitrogens is 4. The summed E-state index contributed by atoms with van der Waals surface area (Å²) in [4.78, 5) is 8.67. The Morgan fingerprint density at radius 2 is 2.23 bits per heavy atom. The van der Waals surface area contributed by atoms with Gasteiger partial charge in [0.1, 0.15) is 5.82 Å². The highest BCUT2D eigenvalue weighted by atomic mass is 16.5. The predicted octanol–water partition coefficient (Wildman–Crippen LogP) is 1.80. The molecular formula is C15H16N6O. The summed E-state index contributed by atoms with van der Waals surface area (Å²) in [6.07, 6.45) is 2.76. The fraction of sp³-hybridized carbons (Fsp3) is 0.267. The molecule has 1 aromatic carbocycles. The van der Waals surface area contributed by atoms with E-state index in [1.165, 1.54) is 0 Å². The summed E-state index contributed by atoms with van der Waals surface area (Å²) in [5, 5.41) is 11.3. The van der Waals surface area contributed by atoms with Gasteiger partial charge in [-0.2, -0.15) is 10.1 Å². The van der Waals surface area contributed by atoms with Gasteiger partial charge in [-0.05, 0) is 24.6 Å². The molecular weight excluding hydrogens is 280 g/mol. The number of nitrogens with one attached hydrogen (secondary N) is 2.